The molecule has 1 aromatic heterocycles. The van der Waals surface area contributed by atoms with E-state index < -0.39 is 0 Å². The van der Waals surface area contributed by atoms with Crippen molar-refractivity contribution in [2.45, 2.75) is 26.4 Å². The number of aliphatic imine (C=N–C) groups is 1. The fourth-order valence-corrected chi connectivity index (χ4v) is 3.28. The summed E-state index contributed by atoms with van der Waals surface area (Å²) in [6, 6.07) is 10.2. The Hall–Kier alpha value is -1.92. The Bertz CT molecular complexity index is 635. The Morgan fingerprint density at radius 3 is 2.58 bits per heavy atom. The van der Waals surface area contributed by atoms with Crippen LogP contribution in [-0.2, 0) is 11.2 Å². The van der Waals surface area contributed by atoms with Gasteiger partial charge in [0.15, 0.2) is 5.96 Å². The van der Waals surface area contributed by atoms with Gasteiger partial charge in [-0.05, 0) is 19.4 Å². The van der Waals surface area contributed by atoms with Crippen LogP contribution in [0.2, 0.25) is 0 Å². The number of aryl methyl sites for hydroxylation is 2. The second-order valence-corrected chi connectivity index (χ2v) is 6.80. The lowest BCUT2D eigenvalue weighted by Crippen LogP contribution is -2.40. The topological polar surface area (TPSA) is 58.5 Å². The number of hydrogen-bond acceptors (Lipinski definition) is 4. The zero-order valence-electron chi connectivity index (χ0n) is 14.8. The average Bonchev–Trinajstić information content (AvgIpc) is 2.92. The summed E-state index contributed by atoms with van der Waals surface area (Å²) in [5.74, 6) is 0.776. The molecule has 0 amide bonds. The number of rotatable bonds is 7. The average molecular weight is 347 g/mol. The van der Waals surface area contributed by atoms with Gasteiger partial charge in [0, 0.05) is 38.5 Å². The number of nitrogens with zero attached hydrogens (tertiary/aromatic N) is 2. The largest absolute Gasteiger partial charge is 0.375 e. The van der Waals surface area contributed by atoms with Crippen LogP contribution in [0.1, 0.15) is 27.2 Å². The lowest BCUT2D eigenvalue weighted by atomic mass is 10.1. The normalized spacial score (nSPS) is 12.9. The van der Waals surface area contributed by atoms with E-state index in [1.54, 1.807) is 25.5 Å². The molecule has 130 valence electrons. The number of ether oxygens (including phenoxy) is 1. The minimum atomic E-state index is -0.00554. The van der Waals surface area contributed by atoms with Gasteiger partial charge in [-0.2, -0.15) is 0 Å². The van der Waals surface area contributed by atoms with Gasteiger partial charge in [0.25, 0.3) is 0 Å². The number of nitrogens with one attached hydrogen (secondary N) is 2. The summed E-state index contributed by atoms with van der Waals surface area (Å²) >= 11 is 1.76. The maximum Gasteiger partial charge on any atom is 0.191 e. The summed E-state index contributed by atoms with van der Waals surface area (Å²) in [6.45, 7) is 5.63. The minimum absolute atomic E-state index is 0.00554. The van der Waals surface area contributed by atoms with Gasteiger partial charge >= 0.3 is 0 Å². The molecule has 1 aromatic carbocycles. The minimum Gasteiger partial charge on any atom is -0.375 e. The van der Waals surface area contributed by atoms with Crippen molar-refractivity contribution in [1.82, 2.24) is 15.6 Å². The first-order valence-corrected chi connectivity index (χ1v) is 8.90. The lowest BCUT2D eigenvalue weighted by Gasteiger charge is -2.18. The highest BCUT2D eigenvalue weighted by Gasteiger charge is 2.11. The quantitative estimate of drug-likeness (QED) is 0.598. The van der Waals surface area contributed by atoms with Crippen LogP contribution in [0.4, 0.5) is 0 Å². The van der Waals surface area contributed by atoms with Crippen LogP contribution < -0.4 is 10.6 Å². The predicted molar refractivity (Wildman–Crippen MR) is 101 cm³/mol. The van der Waals surface area contributed by atoms with Crippen molar-refractivity contribution in [2.24, 2.45) is 4.99 Å². The summed E-state index contributed by atoms with van der Waals surface area (Å²) in [5.41, 5.74) is 2.28. The van der Waals surface area contributed by atoms with E-state index in [4.69, 9.17) is 4.74 Å². The number of thiazole rings is 1. The van der Waals surface area contributed by atoms with Crippen molar-refractivity contribution in [3.05, 3.63) is 51.5 Å². The highest BCUT2D eigenvalue weighted by molar-refractivity contribution is 7.11. The monoisotopic (exact) mass is 346 g/mol. The number of aromatic nitrogens is 1. The first-order valence-electron chi connectivity index (χ1n) is 8.09. The number of hydrogen-bond donors (Lipinski definition) is 2. The summed E-state index contributed by atoms with van der Waals surface area (Å²) in [7, 11) is 3.50. The summed E-state index contributed by atoms with van der Waals surface area (Å²) in [4.78, 5) is 10.1. The molecule has 0 aliphatic heterocycles. The Balaban J connectivity index is 1.79. The number of benzene rings is 1. The van der Waals surface area contributed by atoms with Crippen LogP contribution in [0.5, 0.6) is 0 Å². The molecule has 0 saturated carbocycles. The molecule has 0 bridgehead atoms. The van der Waals surface area contributed by atoms with Crippen molar-refractivity contribution in [1.29, 1.82) is 0 Å². The molecule has 1 heterocycles. The Kier molecular flexibility index (Phi) is 7.21. The zero-order chi connectivity index (χ0) is 17.4. The van der Waals surface area contributed by atoms with Gasteiger partial charge in [-0.25, -0.2) is 4.98 Å². The summed E-state index contributed by atoms with van der Waals surface area (Å²) in [5, 5.41) is 7.81. The smallest absolute Gasteiger partial charge is 0.191 e. The van der Waals surface area contributed by atoms with E-state index >= 15 is 0 Å². The molecule has 2 aromatic rings. The highest BCUT2D eigenvalue weighted by atomic mass is 32.1. The molecule has 0 spiro atoms. The first-order chi connectivity index (χ1) is 11.6. The number of methoxy groups -OCH3 is 1. The van der Waals surface area contributed by atoms with Crippen LogP contribution in [0.3, 0.4) is 0 Å². The van der Waals surface area contributed by atoms with Gasteiger partial charge in [0.1, 0.15) is 0 Å². The van der Waals surface area contributed by atoms with Crippen molar-refractivity contribution in [3.8, 4) is 0 Å². The fourth-order valence-electron chi connectivity index (χ4n) is 2.35. The third kappa shape index (κ3) is 5.32. The summed E-state index contributed by atoms with van der Waals surface area (Å²) in [6.07, 6.45) is 0.890. The third-order valence-corrected chi connectivity index (χ3v) is 4.97. The van der Waals surface area contributed by atoms with Gasteiger partial charge in [-0.1, -0.05) is 30.3 Å². The van der Waals surface area contributed by atoms with Crippen LogP contribution >= 0.6 is 11.3 Å². The van der Waals surface area contributed by atoms with Gasteiger partial charge in [0.2, 0.25) is 0 Å². The molecule has 5 nitrogen and oxygen atoms in total. The summed E-state index contributed by atoms with van der Waals surface area (Å²) < 4.78 is 5.57. The molecule has 24 heavy (non-hydrogen) atoms. The second-order valence-electron chi connectivity index (χ2n) is 5.51. The van der Waals surface area contributed by atoms with Crippen molar-refractivity contribution < 1.29 is 4.74 Å². The van der Waals surface area contributed by atoms with E-state index in [1.807, 2.05) is 18.2 Å². The highest BCUT2D eigenvalue weighted by Crippen LogP contribution is 2.16. The van der Waals surface area contributed by atoms with E-state index in [1.165, 1.54) is 4.88 Å². The zero-order valence-corrected chi connectivity index (χ0v) is 15.6. The standard InChI is InChI=1S/C18H26N4OS/c1-13-14(2)24-17(22-13)10-11-20-18(19-3)21-12-16(23-4)15-8-6-5-7-9-15/h5-9,16H,10-12H2,1-4H3,(H2,19,20,21). The van der Waals surface area contributed by atoms with E-state index in [0.717, 1.165) is 35.2 Å². The molecule has 0 fully saturated rings. The SMILES string of the molecule is CN=C(NCCc1nc(C)c(C)s1)NCC(OC)c1ccccc1. The third-order valence-electron chi connectivity index (χ3n) is 3.84. The Labute approximate surface area is 148 Å². The molecule has 1 atom stereocenters. The van der Waals surface area contributed by atoms with E-state index in [2.05, 4.69) is 46.6 Å². The maximum atomic E-state index is 5.57. The van der Waals surface area contributed by atoms with Crippen LogP contribution in [-0.4, -0.2) is 38.2 Å². The van der Waals surface area contributed by atoms with Gasteiger partial charge in [-0.15, -0.1) is 11.3 Å². The second kappa shape index (κ2) is 9.39. The van der Waals surface area contributed by atoms with E-state index in [0.29, 0.717) is 6.54 Å². The molecule has 0 radical (unpaired) electrons. The van der Waals surface area contributed by atoms with Crippen molar-refractivity contribution in [2.75, 3.05) is 27.2 Å². The van der Waals surface area contributed by atoms with Gasteiger partial charge < -0.3 is 15.4 Å². The maximum absolute atomic E-state index is 5.57. The molecular weight excluding hydrogens is 320 g/mol. The molecule has 0 aliphatic carbocycles. The van der Waals surface area contributed by atoms with Crippen molar-refractivity contribution in [3.63, 3.8) is 0 Å². The van der Waals surface area contributed by atoms with E-state index in [-0.39, 0.29) is 6.10 Å². The van der Waals surface area contributed by atoms with Crippen LogP contribution in [0.15, 0.2) is 35.3 Å². The van der Waals surface area contributed by atoms with Crippen molar-refractivity contribution >= 4 is 17.3 Å². The molecule has 0 aliphatic rings. The van der Waals surface area contributed by atoms with Gasteiger partial charge in [-0.3, -0.25) is 4.99 Å². The first kappa shape index (κ1) is 18.4. The molecular formula is C18H26N4OS. The molecule has 2 rings (SSSR count). The predicted octanol–water partition coefficient (Wildman–Crippen LogP) is 2.86. The van der Waals surface area contributed by atoms with E-state index in [9.17, 15) is 0 Å². The fraction of sp³-hybridized carbons (Fsp3) is 0.444. The molecule has 1 unspecified atom stereocenters. The lowest BCUT2D eigenvalue weighted by molar-refractivity contribution is 0.106. The molecule has 2 N–H and O–H groups in total. The molecule has 0 saturated heterocycles. The number of guanidine groups is 1. The Morgan fingerprint density at radius 1 is 1.25 bits per heavy atom. The van der Waals surface area contributed by atoms with Gasteiger partial charge in [0.05, 0.1) is 16.8 Å². The Morgan fingerprint density at radius 2 is 2.00 bits per heavy atom. The van der Waals surface area contributed by atoms with Crippen LogP contribution in [0.25, 0.3) is 0 Å². The van der Waals surface area contributed by atoms with Crippen LogP contribution in [0, 0.1) is 13.8 Å². The molecule has 6 heteroatoms.